The number of nitrogens with zero attached hydrogens (tertiary/aromatic N) is 2. The molecule has 112 valence electrons. The van der Waals surface area contributed by atoms with Crippen LogP contribution in [0.5, 0.6) is 0 Å². The first kappa shape index (κ1) is 14.8. The molecule has 0 aromatic heterocycles. The summed E-state index contributed by atoms with van der Waals surface area (Å²) in [5.74, 6) is 0. The summed E-state index contributed by atoms with van der Waals surface area (Å²) in [6, 6.07) is 21.7. The third-order valence-electron chi connectivity index (χ3n) is 4.82. The number of hydrogen-bond donors (Lipinski definition) is 0. The molecule has 0 atom stereocenters. The van der Waals surface area contributed by atoms with Gasteiger partial charge in [0, 0.05) is 0 Å². The molecule has 0 radical (unpaired) electrons. The van der Waals surface area contributed by atoms with Crippen molar-refractivity contribution in [2.75, 3.05) is 20.1 Å². The lowest BCUT2D eigenvalue weighted by molar-refractivity contribution is 0.221. The van der Waals surface area contributed by atoms with Crippen molar-refractivity contribution >= 4 is 0 Å². The number of likely N-dealkylation sites (tertiary alicyclic amines) is 1. The van der Waals surface area contributed by atoms with E-state index in [2.05, 4.69) is 66.5 Å². The van der Waals surface area contributed by atoms with Crippen LogP contribution in [-0.2, 0) is 11.8 Å². The molecule has 0 N–H and O–H groups in total. The average molecular weight is 290 g/mol. The van der Waals surface area contributed by atoms with E-state index < -0.39 is 0 Å². The van der Waals surface area contributed by atoms with E-state index in [1.165, 1.54) is 16.7 Å². The van der Waals surface area contributed by atoms with Crippen LogP contribution < -0.4 is 0 Å². The van der Waals surface area contributed by atoms with E-state index in [4.69, 9.17) is 0 Å². The minimum atomic E-state index is -0.322. The molecule has 1 aliphatic rings. The van der Waals surface area contributed by atoms with Crippen molar-refractivity contribution < 1.29 is 0 Å². The van der Waals surface area contributed by atoms with E-state index in [0.717, 1.165) is 32.4 Å². The van der Waals surface area contributed by atoms with Gasteiger partial charge in [-0.3, -0.25) is 0 Å². The molecular weight excluding hydrogens is 268 g/mol. The molecule has 1 fully saturated rings. The van der Waals surface area contributed by atoms with Gasteiger partial charge in [-0.15, -0.1) is 0 Å². The maximum Gasteiger partial charge on any atom is 0.0849 e. The third-order valence-corrected chi connectivity index (χ3v) is 4.82. The Morgan fingerprint density at radius 2 is 1.64 bits per heavy atom. The second-order valence-electron chi connectivity index (χ2n) is 6.32. The zero-order valence-electron chi connectivity index (χ0n) is 13.1. The Hall–Kier alpha value is -2.11. The molecule has 1 heterocycles. The van der Waals surface area contributed by atoms with Gasteiger partial charge in [-0.05, 0) is 56.1 Å². The average Bonchev–Trinajstić information content (AvgIpc) is 2.58. The third kappa shape index (κ3) is 2.91. The fraction of sp³-hybridized carbons (Fsp3) is 0.350. The minimum absolute atomic E-state index is 0.322. The number of hydrogen-bond acceptors (Lipinski definition) is 2. The van der Waals surface area contributed by atoms with Gasteiger partial charge in [0.05, 0.1) is 11.5 Å². The molecule has 2 nitrogen and oxygen atoms in total. The molecule has 0 unspecified atom stereocenters. The molecule has 0 bridgehead atoms. The van der Waals surface area contributed by atoms with Crippen LogP contribution in [-0.4, -0.2) is 25.0 Å². The summed E-state index contributed by atoms with van der Waals surface area (Å²) in [7, 11) is 2.14. The maximum absolute atomic E-state index is 9.90. The fourth-order valence-electron chi connectivity index (χ4n) is 3.40. The molecule has 3 rings (SSSR count). The Labute approximate surface area is 133 Å². The summed E-state index contributed by atoms with van der Waals surface area (Å²) in [6.45, 7) is 1.99. The highest BCUT2D eigenvalue weighted by Gasteiger charge is 2.36. The first-order valence-corrected chi connectivity index (χ1v) is 7.96. The van der Waals surface area contributed by atoms with Crippen molar-refractivity contribution in [2.24, 2.45) is 0 Å². The Bertz CT molecular complexity index is 662. The highest BCUT2D eigenvalue weighted by atomic mass is 15.1. The zero-order valence-corrected chi connectivity index (χ0v) is 13.1. The van der Waals surface area contributed by atoms with Gasteiger partial charge >= 0.3 is 0 Å². The standard InChI is InChI=1S/C20H22N2/c1-22-13-11-20(16-21,12-14-22)19-10-6-5-9-18(19)15-17-7-3-2-4-8-17/h2-10H,11-15H2,1H3. The zero-order chi connectivity index (χ0) is 15.4. The van der Waals surface area contributed by atoms with Crippen molar-refractivity contribution in [3.63, 3.8) is 0 Å². The topological polar surface area (TPSA) is 27.0 Å². The summed E-state index contributed by atoms with van der Waals surface area (Å²) in [6.07, 6.45) is 2.74. The molecule has 22 heavy (non-hydrogen) atoms. The van der Waals surface area contributed by atoms with E-state index in [1.807, 2.05) is 6.07 Å². The van der Waals surface area contributed by atoms with Gasteiger partial charge in [0.2, 0.25) is 0 Å². The summed E-state index contributed by atoms with van der Waals surface area (Å²) < 4.78 is 0. The first-order chi connectivity index (χ1) is 10.7. The molecule has 0 spiro atoms. The SMILES string of the molecule is CN1CCC(C#N)(c2ccccc2Cc2ccccc2)CC1. The number of rotatable bonds is 3. The number of nitriles is 1. The van der Waals surface area contributed by atoms with Gasteiger partial charge in [-0.1, -0.05) is 54.6 Å². The minimum Gasteiger partial charge on any atom is -0.306 e. The van der Waals surface area contributed by atoms with Crippen molar-refractivity contribution in [1.29, 1.82) is 5.26 Å². The van der Waals surface area contributed by atoms with Crippen LogP contribution in [0.1, 0.15) is 29.5 Å². The normalized spacial score (nSPS) is 17.8. The van der Waals surface area contributed by atoms with Gasteiger partial charge in [-0.25, -0.2) is 0 Å². The maximum atomic E-state index is 9.90. The molecule has 0 amide bonds. The van der Waals surface area contributed by atoms with Gasteiger partial charge in [0.1, 0.15) is 0 Å². The Morgan fingerprint density at radius 1 is 1.00 bits per heavy atom. The van der Waals surface area contributed by atoms with E-state index in [0.29, 0.717) is 0 Å². The predicted octanol–water partition coefficient (Wildman–Crippen LogP) is 3.76. The molecule has 0 aliphatic carbocycles. The van der Waals surface area contributed by atoms with Crippen molar-refractivity contribution in [3.05, 3.63) is 71.3 Å². The lowest BCUT2D eigenvalue weighted by atomic mass is 9.72. The largest absolute Gasteiger partial charge is 0.306 e. The highest BCUT2D eigenvalue weighted by molar-refractivity contribution is 5.42. The number of benzene rings is 2. The lowest BCUT2D eigenvalue weighted by Crippen LogP contribution is -2.40. The van der Waals surface area contributed by atoms with E-state index in [1.54, 1.807) is 0 Å². The van der Waals surface area contributed by atoms with Crippen LogP contribution in [0.15, 0.2) is 54.6 Å². The van der Waals surface area contributed by atoms with Gasteiger partial charge in [0.25, 0.3) is 0 Å². The Morgan fingerprint density at radius 3 is 2.32 bits per heavy atom. The van der Waals surface area contributed by atoms with Crippen LogP contribution in [0.4, 0.5) is 0 Å². The summed E-state index contributed by atoms with van der Waals surface area (Å²) >= 11 is 0. The molecule has 2 heteroatoms. The Balaban J connectivity index is 1.95. The quantitative estimate of drug-likeness (QED) is 0.860. The summed E-state index contributed by atoms with van der Waals surface area (Å²) in [5, 5.41) is 9.90. The summed E-state index contributed by atoms with van der Waals surface area (Å²) in [4.78, 5) is 2.31. The molecule has 2 aromatic rings. The molecule has 2 aromatic carbocycles. The van der Waals surface area contributed by atoms with Crippen LogP contribution in [0.25, 0.3) is 0 Å². The molecule has 1 saturated heterocycles. The van der Waals surface area contributed by atoms with Crippen molar-refractivity contribution in [3.8, 4) is 6.07 Å². The van der Waals surface area contributed by atoms with Gasteiger partial charge in [0.15, 0.2) is 0 Å². The van der Waals surface area contributed by atoms with Gasteiger partial charge in [-0.2, -0.15) is 5.26 Å². The van der Waals surface area contributed by atoms with E-state index in [9.17, 15) is 5.26 Å². The lowest BCUT2D eigenvalue weighted by Gasteiger charge is -2.37. The van der Waals surface area contributed by atoms with Gasteiger partial charge < -0.3 is 4.90 Å². The van der Waals surface area contributed by atoms with Crippen LogP contribution in [0.2, 0.25) is 0 Å². The smallest absolute Gasteiger partial charge is 0.0849 e. The molecule has 0 saturated carbocycles. The summed E-state index contributed by atoms with van der Waals surface area (Å²) in [5.41, 5.74) is 3.50. The van der Waals surface area contributed by atoms with Crippen molar-refractivity contribution in [2.45, 2.75) is 24.7 Å². The second kappa shape index (κ2) is 6.34. The van der Waals surface area contributed by atoms with Crippen LogP contribution in [0, 0.1) is 11.3 Å². The monoisotopic (exact) mass is 290 g/mol. The predicted molar refractivity (Wildman–Crippen MR) is 89.7 cm³/mol. The van der Waals surface area contributed by atoms with Crippen molar-refractivity contribution in [1.82, 2.24) is 4.90 Å². The van der Waals surface area contributed by atoms with Crippen LogP contribution in [0.3, 0.4) is 0 Å². The van der Waals surface area contributed by atoms with E-state index >= 15 is 0 Å². The second-order valence-corrected chi connectivity index (χ2v) is 6.32. The number of piperidine rings is 1. The highest BCUT2D eigenvalue weighted by Crippen LogP contribution is 2.37. The Kier molecular flexibility index (Phi) is 4.27. The van der Waals surface area contributed by atoms with Crippen LogP contribution >= 0.6 is 0 Å². The van der Waals surface area contributed by atoms with E-state index in [-0.39, 0.29) is 5.41 Å². The molecular formula is C20H22N2. The molecule has 1 aliphatic heterocycles. The fourth-order valence-corrected chi connectivity index (χ4v) is 3.40. The first-order valence-electron chi connectivity index (χ1n) is 7.96.